The van der Waals surface area contributed by atoms with Crippen molar-refractivity contribution in [3.05, 3.63) is 0 Å². The fourth-order valence-corrected chi connectivity index (χ4v) is 5.13. The van der Waals surface area contributed by atoms with E-state index in [-0.39, 0.29) is 30.6 Å². The normalized spacial score (nSPS) is 12.3. The molecule has 0 saturated carbocycles. The Labute approximate surface area is 243 Å². The van der Waals surface area contributed by atoms with Gasteiger partial charge in [-0.2, -0.15) is 0 Å². The lowest BCUT2D eigenvalue weighted by molar-refractivity contribution is -0.162. The Morgan fingerprint density at radius 3 is 1.49 bits per heavy atom. The van der Waals surface area contributed by atoms with Gasteiger partial charge in [0.25, 0.3) is 0 Å². The van der Waals surface area contributed by atoms with Crippen LogP contribution < -0.4 is 0 Å². The Balaban J connectivity index is 4.82. The minimum absolute atomic E-state index is 0.0205. The molecule has 0 aliphatic carbocycles. The van der Waals surface area contributed by atoms with Crippen LogP contribution in [0.5, 0.6) is 0 Å². The second-order valence-corrected chi connectivity index (χ2v) is 12.0. The third-order valence-electron chi connectivity index (χ3n) is 7.72. The van der Waals surface area contributed by atoms with Gasteiger partial charge in [-0.15, -0.1) is 0 Å². The molecule has 0 saturated heterocycles. The van der Waals surface area contributed by atoms with Gasteiger partial charge in [0.05, 0.1) is 5.92 Å². The highest BCUT2D eigenvalue weighted by Gasteiger charge is 2.22. The highest BCUT2D eigenvalue weighted by molar-refractivity contribution is 5.72. The summed E-state index contributed by atoms with van der Waals surface area (Å²) >= 11 is 0. The molecule has 0 fully saturated rings. The molecule has 0 N–H and O–H groups in total. The summed E-state index contributed by atoms with van der Waals surface area (Å²) in [6.45, 7) is 7.79. The highest BCUT2D eigenvalue weighted by atomic mass is 16.6. The van der Waals surface area contributed by atoms with Crippen LogP contribution in [0.25, 0.3) is 0 Å². The number of ether oxygens (including phenoxy) is 2. The molecule has 0 rings (SSSR count). The van der Waals surface area contributed by atoms with E-state index in [0.717, 1.165) is 57.9 Å². The Kier molecular flexibility index (Phi) is 27.6. The SMILES string of the molecule is CCCCCCCCC(COC(=O)C(CCCCCCCC)CCCCCCCC)OC(=O)CCCN(C)C. The second kappa shape index (κ2) is 28.4. The number of hydrogen-bond donors (Lipinski definition) is 0. The van der Waals surface area contributed by atoms with Crippen LogP contribution in [0.15, 0.2) is 0 Å². The van der Waals surface area contributed by atoms with Crippen molar-refractivity contribution in [2.24, 2.45) is 5.92 Å². The summed E-state index contributed by atoms with van der Waals surface area (Å²) < 4.78 is 11.7. The molecule has 0 aromatic carbocycles. The van der Waals surface area contributed by atoms with Crippen molar-refractivity contribution in [1.82, 2.24) is 4.90 Å². The van der Waals surface area contributed by atoms with Gasteiger partial charge >= 0.3 is 11.9 Å². The molecule has 0 aromatic heterocycles. The summed E-state index contributed by atoms with van der Waals surface area (Å²) in [6, 6.07) is 0. The van der Waals surface area contributed by atoms with E-state index in [9.17, 15) is 9.59 Å². The number of esters is 2. The van der Waals surface area contributed by atoms with Gasteiger partial charge in [0, 0.05) is 6.42 Å². The zero-order valence-corrected chi connectivity index (χ0v) is 26.9. The molecular formula is C34H67NO4. The van der Waals surface area contributed by atoms with Crippen molar-refractivity contribution in [3.63, 3.8) is 0 Å². The van der Waals surface area contributed by atoms with Crippen molar-refractivity contribution in [1.29, 1.82) is 0 Å². The predicted octanol–water partition coefficient (Wildman–Crippen LogP) is 9.65. The molecule has 5 nitrogen and oxygen atoms in total. The molecule has 0 aliphatic heterocycles. The summed E-state index contributed by atoms with van der Waals surface area (Å²) in [5.74, 6) is -0.263. The zero-order chi connectivity index (χ0) is 29.0. The first-order chi connectivity index (χ1) is 18.9. The molecular weight excluding hydrogens is 486 g/mol. The molecule has 1 atom stereocenters. The molecule has 232 valence electrons. The van der Waals surface area contributed by atoms with Crippen molar-refractivity contribution in [2.75, 3.05) is 27.2 Å². The van der Waals surface area contributed by atoms with E-state index in [1.54, 1.807) is 0 Å². The summed E-state index contributed by atoms with van der Waals surface area (Å²) in [5.41, 5.74) is 0. The van der Waals surface area contributed by atoms with Crippen LogP contribution in [0, 0.1) is 5.92 Å². The summed E-state index contributed by atoms with van der Waals surface area (Å²) in [6.07, 6.45) is 25.5. The summed E-state index contributed by atoms with van der Waals surface area (Å²) in [4.78, 5) is 27.8. The third-order valence-corrected chi connectivity index (χ3v) is 7.72. The monoisotopic (exact) mass is 554 g/mol. The number of unbranched alkanes of at least 4 members (excludes halogenated alkanes) is 15. The molecule has 0 aromatic rings. The minimum atomic E-state index is -0.323. The van der Waals surface area contributed by atoms with Crippen molar-refractivity contribution in [2.45, 2.75) is 175 Å². The van der Waals surface area contributed by atoms with E-state index in [1.165, 1.54) is 89.9 Å². The van der Waals surface area contributed by atoms with Crippen molar-refractivity contribution < 1.29 is 19.1 Å². The second-order valence-electron chi connectivity index (χ2n) is 12.0. The van der Waals surface area contributed by atoms with Gasteiger partial charge in [-0.25, -0.2) is 0 Å². The standard InChI is InChI=1S/C34H67NO4/c1-6-9-12-15-18-21-25-31(26-22-19-16-13-10-7-2)34(37)38-30-32(27-23-20-17-14-11-8-3)39-33(36)28-24-29-35(4)5/h31-32H,6-30H2,1-5H3. The molecule has 1 unspecified atom stereocenters. The van der Waals surface area contributed by atoms with Crippen LogP contribution in [-0.2, 0) is 19.1 Å². The van der Waals surface area contributed by atoms with Crippen LogP contribution >= 0.6 is 0 Å². The van der Waals surface area contributed by atoms with Gasteiger partial charge in [-0.1, -0.05) is 130 Å². The van der Waals surface area contributed by atoms with Gasteiger partial charge in [0.1, 0.15) is 12.7 Å². The number of carbonyl (C=O) groups is 2. The van der Waals surface area contributed by atoms with E-state index < -0.39 is 0 Å². The maximum absolute atomic E-state index is 13.2. The Hall–Kier alpha value is -1.10. The van der Waals surface area contributed by atoms with E-state index in [0.29, 0.717) is 6.42 Å². The molecule has 0 heterocycles. The lowest BCUT2D eigenvalue weighted by atomic mass is 9.94. The van der Waals surface area contributed by atoms with E-state index in [2.05, 4.69) is 25.7 Å². The van der Waals surface area contributed by atoms with E-state index in [1.807, 2.05) is 14.1 Å². The molecule has 0 bridgehead atoms. The Bertz CT molecular complexity index is 535. The van der Waals surface area contributed by atoms with Crippen molar-refractivity contribution in [3.8, 4) is 0 Å². The molecule has 5 heteroatoms. The topological polar surface area (TPSA) is 55.8 Å². The van der Waals surface area contributed by atoms with Gasteiger partial charge < -0.3 is 14.4 Å². The first-order valence-corrected chi connectivity index (χ1v) is 16.9. The van der Waals surface area contributed by atoms with Crippen LogP contribution in [0.1, 0.15) is 168 Å². The summed E-state index contributed by atoms with van der Waals surface area (Å²) in [5, 5.41) is 0. The van der Waals surface area contributed by atoms with Crippen LogP contribution in [-0.4, -0.2) is 50.2 Å². The maximum atomic E-state index is 13.2. The van der Waals surface area contributed by atoms with Crippen LogP contribution in [0.2, 0.25) is 0 Å². The first kappa shape index (κ1) is 37.9. The lowest BCUT2D eigenvalue weighted by Gasteiger charge is -2.21. The molecule has 0 spiro atoms. The molecule has 39 heavy (non-hydrogen) atoms. The van der Waals surface area contributed by atoms with Gasteiger partial charge in [0.15, 0.2) is 0 Å². The summed E-state index contributed by atoms with van der Waals surface area (Å²) in [7, 11) is 4.03. The van der Waals surface area contributed by atoms with Crippen LogP contribution in [0.3, 0.4) is 0 Å². The quantitative estimate of drug-likeness (QED) is 0.0681. The number of hydrogen-bond acceptors (Lipinski definition) is 5. The Morgan fingerprint density at radius 1 is 0.590 bits per heavy atom. The maximum Gasteiger partial charge on any atom is 0.309 e. The third kappa shape index (κ3) is 25.6. The van der Waals surface area contributed by atoms with Crippen LogP contribution in [0.4, 0.5) is 0 Å². The molecule has 0 aliphatic rings. The number of nitrogens with zero attached hydrogens (tertiary/aromatic N) is 1. The highest BCUT2D eigenvalue weighted by Crippen LogP contribution is 2.22. The average molecular weight is 554 g/mol. The molecule has 0 amide bonds. The van der Waals surface area contributed by atoms with E-state index >= 15 is 0 Å². The average Bonchev–Trinajstić information content (AvgIpc) is 2.91. The smallest absolute Gasteiger partial charge is 0.309 e. The minimum Gasteiger partial charge on any atom is -0.462 e. The van der Waals surface area contributed by atoms with Gasteiger partial charge in [0.2, 0.25) is 0 Å². The Morgan fingerprint density at radius 2 is 1.03 bits per heavy atom. The predicted molar refractivity (Wildman–Crippen MR) is 166 cm³/mol. The van der Waals surface area contributed by atoms with Gasteiger partial charge in [-0.3, -0.25) is 9.59 Å². The van der Waals surface area contributed by atoms with Gasteiger partial charge in [-0.05, 0) is 52.7 Å². The zero-order valence-electron chi connectivity index (χ0n) is 26.9. The first-order valence-electron chi connectivity index (χ1n) is 16.9. The fourth-order valence-electron chi connectivity index (χ4n) is 5.13. The largest absolute Gasteiger partial charge is 0.462 e. The number of rotatable bonds is 29. The molecule has 0 radical (unpaired) electrons. The lowest BCUT2D eigenvalue weighted by Crippen LogP contribution is -2.28. The number of carbonyl (C=O) groups excluding carboxylic acids is 2. The fraction of sp³-hybridized carbons (Fsp3) is 0.941. The van der Waals surface area contributed by atoms with Crippen molar-refractivity contribution >= 4 is 11.9 Å². The van der Waals surface area contributed by atoms with E-state index in [4.69, 9.17) is 9.47 Å².